The van der Waals surface area contributed by atoms with Gasteiger partial charge in [-0.15, -0.1) is 0 Å². The van der Waals surface area contributed by atoms with E-state index in [2.05, 4.69) is 10.2 Å². The molecule has 1 aromatic heterocycles. The van der Waals surface area contributed by atoms with E-state index >= 15 is 0 Å². The maximum absolute atomic E-state index is 14.1. The van der Waals surface area contributed by atoms with Gasteiger partial charge in [-0.3, -0.25) is 19.6 Å². The number of halogens is 3. The molecule has 2 rings (SSSR count). The van der Waals surface area contributed by atoms with Crippen molar-refractivity contribution in [3.8, 4) is 0 Å². The summed E-state index contributed by atoms with van der Waals surface area (Å²) in [5.74, 6) is -7.20. The SMILES string of the molecule is CCOC(=O)c1cn(NC)c2c(F)c(F)c(F)c([N+](=O)[O-])c2c1=O. The minimum Gasteiger partial charge on any atom is -0.462 e. The molecule has 11 heteroatoms. The average molecular weight is 345 g/mol. The Labute approximate surface area is 131 Å². The quantitative estimate of drug-likeness (QED) is 0.391. The lowest BCUT2D eigenvalue weighted by Crippen LogP contribution is -2.25. The van der Waals surface area contributed by atoms with Gasteiger partial charge in [-0.1, -0.05) is 0 Å². The van der Waals surface area contributed by atoms with Crippen molar-refractivity contribution in [2.75, 3.05) is 19.1 Å². The number of nitrogens with zero attached hydrogens (tertiary/aromatic N) is 2. The van der Waals surface area contributed by atoms with Crippen molar-refractivity contribution >= 4 is 22.6 Å². The van der Waals surface area contributed by atoms with Crippen LogP contribution in [0.3, 0.4) is 0 Å². The van der Waals surface area contributed by atoms with Gasteiger partial charge in [-0.05, 0) is 6.92 Å². The Balaban J connectivity index is 3.12. The average Bonchev–Trinajstić information content (AvgIpc) is 2.53. The van der Waals surface area contributed by atoms with Crippen LogP contribution in [-0.2, 0) is 4.74 Å². The predicted octanol–water partition coefficient (Wildman–Crippen LogP) is 1.68. The molecule has 24 heavy (non-hydrogen) atoms. The number of benzene rings is 1. The molecule has 0 unspecified atom stereocenters. The van der Waals surface area contributed by atoms with Crippen molar-refractivity contribution in [3.05, 3.63) is 49.5 Å². The highest BCUT2D eigenvalue weighted by molar-refractivity contribution is 5.97. The summed E-state index contributed by atoms with van der Waals surface area (Å²) in [6.07, 6.45) is 0.785. The number of nitro groups is 1. The summed E-state index contributed by atoms with van der Waals surface area (Å²) in [5, 5.41) is 9.96. The van der Waals surface area contributed by atoms with Crippen molar-refractivity contribution in [1.82, 2.24) is 4.68 Å². The van der Waals surface area contributed by atoms with Gasteiger partial charge in [-0.2, -0.15) is 4.39 Å². The first-order valence-electron chi connectivity index (χ1n) is 6.51. The number of aromatic nitrogens is 1. The van der Waals surface area contributed by atoms with E-state index in [0.717, 1.165) is 6.20 Å². The summed E-state index contributed by atoms with van der Waals surface area (Å²) < 4.78 is 46.8. The summed E-state index contributed by atoms with van der Waals surface area (Å²) in [6, 6.07) is 0. The Morgan fingerprint density at radius 3 is 2.46 bits per heavy atom. The van der Waals surface area contributed by atoms with E-state index in [1.165, 1.54) is 14.0 Å². The second kappa shape index (κ2) is 6.18. The number of carbonyl (C=O) groups is 1. The smallest absolute Gasteiger partial charge is 0.343 e. The zero-order chi connectivity index (χ0) is 18.2. The van der Waals surface area contributed by atoms with Gasteiger partial charge in [0.1, 0.15) is 16.5 Å². The molecule has 0 atom stereocenters. The largest absolute Gasteiger partial charge is 0.462 e. The van der Waals surface area contributed by atoms with Crippen LogP contribution in [0.2, 0.25) is 0 Å². The van der Waals surface area contributed by atoms with Gasteiger partial charge < -0.3 is 10.2 Å². The number of hydrogen-bond acceptors (Lipinski definition) is 6. The molecule has 0 spiro atoms. The van der Waals surface area contributed by atoms with Crippen LogP contribution in [0.15, 0.2) is 11.0 Å². The van der Waals surface area contributed by atoms with Crippen molar-refractivity contribution in [1.29, 1.82) is 0 Å². The molecule has 1 aromatic carbocycles. The molecule has 0 aliphatic heterocycles. The monoisotopic (exact) mass is 345 g/mol. The Morgan fingerprint density at radius 1 is 1.33 bits per heavy atom. The molecule has 0 radical (unpaired) electrons. The van der Waals surface area contributed by atoms with Gasteiger partial charge in [0, 0.05) is 13.2 Å². The summed E-state index contributed by atoms with van der Waals surface area (Å²) in [4.78, 5) is 33.8. The van der Waals surface area contributed by atoms with Crippen molar-refractivity contribution in [3.63, 3.8) is 0 Å². The summed E-state index contributed by atoms with van der Waals surface area (Å²) in [7, 11) is 1.21. The number of rotatable bonds is 4. The first-order valence-corrected chi connectivity index (χ1v) is 6.51. The highest BCUT2D eigenvalue weighted by atomic mass is 19.2. The van der Waals surface area contributed by atoms with Crippen LogP contribution in [0, 0.1) is 27.6 Å². The third-order valence-electron chi connectivity index (χ3n) is 3.16. The molecule has 0 saturated carbocycles. The zero-order valence-electron chi connectivity index (χ0n) is 12.4. The maximum Gasteiger partial charge on any atom is 0.343 e. The number of ether oxygens (including phenoxy) is 1. The second-order valence-electron chi connectivity index (χ2n) is 4.46. The number of fused-ring (bicyclic) bond motifs is 1. The van der Waals surface area contributed by atoms with Gasteiger partial charge in [-0.25, -0.2) is 13.6 Å². The van der Waals surface area contributed by atoms with Crippen molar-refractivity contribution in [2.24, 2.45) is 0 Å². The summed E-state index contributed by atoms with van der Waals surface area (Å²) in [6.45, 7) is 1.34. The molecule has 128 valence electrons. The Hall–Kier alpha value is -3.11. The van der Waals surface area contributed by atoms with Crippen LogP contribution >= 0.6 is 0 Å². The molecule has 0 saturated heterocycles. The van der Waals surface area contributed by atoms with E-state index in [1.54, 1.807) is 0 Å². The van der Waals surface area contributed by atoms with E-state index in [4.69, 9.17) is 0 Å². The Bertz CT molecular complexity index is 926. The van der Waals surface area contributed by atoms with Gasteiger partial charge >= 0.3 is 11.7 Å². The highest BCUT2D eigenvalue weighted by Crippen LogP contribution is 2.31. The first kappa shape index (κ1) is 17.2. The number of carbonyl (C=O) groups excluding carboxylic acids is 1. The van der Waals surface area contributed by atoms with Crippen LogP contribution in [-0.4, -0.2) is 29.2 Å². The molecule has 1 N–H and O–H groups in total. The van der Waals surface area contributed by atoms with E-state index in [1.807, 2.05) is 0 Å². The number of hydrogen-bond donors (Lipinski definition) is 1. The van der Waals surface area contributed by atoms with E-state index < -0.39 is 55.9 Å². The normalized spacial score (nSPS) is 10.7. The molecule has 0 aliphatic rings. The predicted molar refractivity (Wildman–Crippen MR) is 76.0 cm³/mol. The Morgan fingerprint density at radius 2 is 1.96 bits per heavy atom. The Kier molecular flexibility index (Phi) is 4.44. The fraction of sp³-hybridized carbons (Fsp3) is 0.231. The fourth-order valence-corrected chi connectivity index (χ4v) is 2.17. The van der Waals surface area contributed by atoms with Gasteiger partial charge in [0.25, 0.3) is 0 Å². The molecular formula is C13H10F3N3O5. The van der Waals surface area contributed by atoms with Gasteiger partial charge in [0.15, 0.2) is 5.82 Å². The van der Waals surface area contributed by atoms with Crippen LogP contribution in [0.1, 0.15) is 17.3 Å². The third-order valence-corrected chi connectivity index (χ3v) is 3.16. The first-order chi connectivity index (χ1) is 11.3. The summed E-state index contributed by atoms with van der Waals surface area (Å²) >= 11 is 0. The number of nitrogens with one attached hydrogen (secondary N) is 1. The van der Waals surface area contributed by atoms with E-state index in [0.29, 0.717) is 4.68 Å². The topological polar surface area (TPSA) is 103 Å². The van der Waals surface area contributed by atoms with Gasteiger partial charge in [0.05, 0.1) is 11.5 Å². The second-order valence-corrected chi connectivity index (χ2v) is 4.46. The van der Waals surface area contributed by atoms with Crippen LogP contribution in [0.4, 0.5) is 18.9 Å². The number of nitro benzene ring substituents is 1. The lowest BCUT2D eigenvalue weighted by Gasteiger charge is -2.13. The fourth-order valence-electron chi connectivity index (χ4n) is 2.17. The number of esters is 1. The molecule has 0 amide bonds. The lowest BCUT2D eigenvalue weighted by atomic mass is 10.1. The lowest BCUT2D eigenvalue weighted by molar-refractivity contribution is -0.386. The molecule has 2 aromatic rings. The van der Waals surface area contributed by atoms with Crippen molar-refractivity contribution in [2.45, 2.75) is 6.92 Å². The molecule has 0 aliphatic carbocycles. The molecule has 1 heterocycles. The standard InChI is InChI=1S/C13H10F3N3O5/c1-3-24-13(21)5-4-18(17-2)10-6(12(5)20)11(19(22)23)9(16)7(14)8(10)15/h4,17H,3H2,1-2H3. The van der Waals surface area contributed by atoms with E-state index in [9.17, 15) is 32.9 Å². The number of pyridine rings is 1. The summed E-state index contributed by atoms with van der Waals surface area (Å²) in [5.41, 5.74) is -2.21. The van der Waals surface area contributed by atoms with Gasteiger partial charge in [0.2, 0.25) is 17.1 Å². The minimum absolute atomic E-state index is 0.107. The third kappa shape index (κ3) is 2.43. The molecule has 8 nitrogen and oxygen atoms in total. The van der Waals surface area contributed by atoms with Crippen molar-refractivity contribution < 1.29 is 27.6 Å². The molecular weight excluding hydrogens is 335 g/mol. The molecule has 0 fully saturated rings. The minimum atomic E-state index is -2.13. The van der Waals surface area contributed by atoms with E-state index in [-0.39, 0.29) is 6.61 Å². The van der Waals surface area contributed by atoms with Crippen LogP contribution < -0.4 is 10.9 Å². The molecule has 0 bridgehead atoms. The zero-order valence-corrected chi connectivity index (χ0v) is 12.4. The van der Waals surface area contributed by atoms with Crippen LogP contribution in [0.25, 0.3) is 10.9 Å². The highest BCUT2D eigenvalue weighted by Gasteiger charge is 2.33. The van der Waals surface area contributed by atoms with Crippen LogP contribution in [0.5, 0.6) is 0 Å². The maximum atomic E-state index is 14.1.